The van der Waals surface area contributed by atoms with Crippen molar-refractivity contribution in [2.45, 2.75) is 13.3 Å². The zero-order valence-corrected chi connectivity index (χ0v) is 12.3. The SMILES string of the molecule is CCCN(CCN(C)C)c1ccccc1C(N)=S. The Balaban J connectivity index is 2.93. The Hall–Kier alpha value is -1.13. The van der Waals surface area contributed by atoms with Crippen LogP contribution in [0.25, 0.3) is 0 Å². The van der Waals surface area contributed by atoms with Crippen LogP contribution in [0.5, 0.6) is 0 Å². The molecule has 18 heavy (non-hydrogen) atoms. The maximum absolute atomic E-state index is 5.80. The number of benzene rings is 1. The van der Waals surface area contributed by atoms with Crippen molar-refractivity contribution in [1.29, 1.82) is 0 Å². The lowest BCUT2D eigenvalue weighted by Gasteiger charge is -2.27. The monoisotopic (exact) mass is 265 g/mol. The van der Waals surface area contributed by atoms with E-state index in [4.69, 9.17) is 18.0 Å². The second-order valence-corrected chi connectivity index (χ2v) is 5.11. The lowest BCUT2D eigenvalue weighted by molar-refractivity contribution is 0.413. The van der Waals surface area contributed by atoms with Crippen molar-refractivity contribution < 1.29 is 0 Å². The van der Waals surface area contributed by atoms with E-state index < -0.39 is 0 Å². The predicted molar refractivity (Wildman–Crippen MR) is 83.4 cm³/mol. The molecule has 1 aromatic carbocycles. The first-order valence-corrected chi connectivity index (χ1v) is 6.75. The molecule has 0 atom stereocenters. The van der Waals surface area contributed by atoms with Crippen LogP contribution in [-0.4, -0.2) is 43.6 Å². The smallest absolute Gasteiger partial charge is 0.106 e. The van der Waals surface area contributed by atoms with E-state index >= 15 is 0 Å². The Morgan fingerprint density at radius 3 is 2.39 bits per heavy atom. The molecule has 0 fully saturated rings. The van der Waals surface area contributed by atoms with Gasteiger partial charge in [0.2, 0.25) is 0 Å². The van der Waals surface area contributed by atoms with Crippen LogP contribution in [0, 0.1) is 0 Å². The van der Waals surface area contributed by atoms with Gasteiger partial charge in [-0.05, 0) is 32.6 Å². The minimum absolute atomic E-state index is 0.469. The van der Waals surface area contributed by atoms with E-state index in [1.54, 1.807) is 0 Å². The van der Waals surface area contributed by atoms with Crippen molar-refractivity contribution in [2.24, 2.45) is 5.73 Å². The highest BCUT2D eigenvalue weighted by Crippen LogP contribution is 2.20. The van der Waals surface area contributed by atoms with Gasteiger partial charge in [-0.15, -0.1) is 0 Å². The van der Waals surface area contributed by atoms with Gasteiger partial charge in [0.25, 0.3) is 0 Å². The van der Waals surface area contributed by atoms with Crippen LogP contribution in [0.1, 0.15) is 18.9 Å². The topological polar surface area (TPSA) is 32.5 Å². The molecule has 0 amide bonds. The fourth-order valence-corrected chi connectivity index (χ4v) is 2.07. The Bertz CT molecular complexity index is 390. The van der Waals surface area contributed by atoms with Crippen molar-refractivity contribution in [3.05, 3.63) is 29.8 Å². The fourth-order valence-electron chi connectivity index (χ4n) is 1.90. The van der Waals surface area contributed by atoms with Crippen molar-refractivity contribution in [1.82, 2.24) is 4.90 Å². The van der Waals surface area contributed by atoms with E-state index in [0.29, 0.717) is 4.99 Å². The number of nitrogens with zero attached hydrogens (tertiary/aromatic N) is 2. The van der Waals surface area contributed by atoms with E-state index in [2.05, 4.69) is 36.9 Å². The summed E-state index contributed by atoms with van der Waals surface area (Å²) in [6.07, 6.45) is 1.11. The van der Waals surface area contributed by atoms with Gasteiger partial charge in [0.15, 0.2) is 0 Å². The Kier molecular flexibility index (Phi) is 6.09. The van der Waals surface area contributed by atoms with Crippen molar-refractivity contribution in [3.8, 4) is 0 Å². The minimum atomic E-state index is 0.469. The average molecular weight is 265 g/mol. The molecule has 0 aliphatic heterocycles. The number of para-hydroxylation sites is 1. The normalized spacial score (nSPS) is 10.7. The first-order chi connectivity index (χ1) is 8.56. The van der Waals surface area contributed by atoms with E-state index in [-0.39, 0.29) is 0 Å². The second-order valence-electron chi connectivity index (χ2n) is 4.67. The molecule has 0 radical (unpaired) electrons. The number of thiocarbonyl (C=S) groups is 1. The van der Waals surface area contributed by atoms with Crippen LogP contribution in [0.3, 0.4) is 0 Å². The third kappa shape index (κ3) is 4.27. The van der Waals surface area contributed by atoms with Crippen LogP contribution in [0.2, 0.25) is 0 Å². The molecule has 0 saturated heterocycles. The molecular weight excluding hydrogens is 242 g/mol. The Labute approximate surface area is 116 Å². The summed E-state index contributed by atoms with van der Waals surface area (Å²) in [7, 11) is 4.17. The highest BCUT2D eigenvalue weighted by molar-refractivity contribution is 7.80. The van der Waals surface area contributed by atoms with E-state index in [1.165, 1.54) is 0 Å². The number of likely N-dealkylation sites (N-methyl/N-ethyl adjacent to an activating group) is 1. The standard InChI is InChI=1S/C14H23N3S/c1-4-9-17(11-10-16(2)3)13-8-6-5-7-12(13)14(15)18/h5-8H,4,9-11H2,1-3H3,(H2,15,18). The van der Waals surface area contributed by atoms with Gasteiger partial charge in [-0.1, -0.05) is 31.3 Å². The summed E-state index contributed by atoms with van der Waals surface area (Å²) >= 11 is 5.13. The number of hydrogen-bond donors (Lipinski definition) is 1. The summed E-state index contributed by atoms with van der Waals surface area (Å²) in [5.41, 5.74) is 7.92. The fraction of sp³-hybridized carbons (Fsp3) is 0.500. The van der Waals surface area contributed by atoms with E-state index in [0.717, 1.165) is 37.3 Å². The second kappa shape index (κ2) is 7.34. The quantitative estimate of drug-likeness (QED) is 0.765. The number of hydrogen-bond acceptors (Lipinski definition) is 3. The highest BCUT2D eigenvalue weighted by atomic mass is 32.1. The number of nitrogens with two attached hydrogens (primary N) is 1. The van der Waals surface area contributed by atoms with Crippen molar-refractivity contribution in [3.63, 3.8) is 0 Å². The molecule has 0 unspecified atom stereocenters. The largest absolute Gasteiger partial charge is 0.389 e. The molecule has 0 aliphatic rings. The predicted octanol–water partition coefficient (Wildman–Crippen LogP) is 2.10. The summed E-state index contributed by atoms with van der Waals surface area (Å²) in [6.45, 7) is 5.21. The molecule has 1 aromatic rings. The van der Waals surface area contributed by atoms with Crippen LogP contribution in [-0.2, 0) is 0 Å². The molecule has 0 saturated carbocycles. The van der Waals surface area contributed by atoms with Gasteiger partial charge in [0.1, 0.15) is 4.99 Å². The average Bonchev–Trinajstić information content (AvgIpc) is 2.34. The van der Waals surface area contributed by atoms with Gasteiger partial charge in [-0.25, -0.2) is 0 Å². The van der Waals surface area contributed by atoms with Gasteiger partial charge in [0.05, 0.1) is 0 Å². The first-order valence-electron chi connectivity index (χ1n) is 6.34. The maximum atomic E-state index is 5.80. The third-order valence-corrected chi connectivity index (χ3v) is 3.04. The highest BCUT2D eigenvalue weighted by Gasteiger charge is 2.11. The molecule has 0 heterocycles. The van der Waals surface area contributed by atoms with Crippen molar-refractivity contribution >= 4 is 22.9 Å². The Morgan fingerprint density at radius 1 is 1.17 bits per heavy atom. The van der Waals surface area contributed by atoms with Gasteiger partial charge < -0.3 is 15.5 Å². The van der Waals surface area contributed by atoms with E-state index in [9.17, 15) is 0 Å². The van der Waals surface area contributed by atoms with Crippen LogP contribution < -0.4 is 10.6 Å². The summed E-state index contributed by atoms with van der Waals surface area (Å²) in [5.74, 6) is 0. The molecule has 3 nitrogen and oxygen atoms in total. The zero-order chi connectivity index (χ0) is 13.5. The molecule has 2 N–H and O–H groups in total. The zero-order valence-electron chi connectivity index (χ0n) is 11.5. The molecule has 100 valence electrons. The number of rotatable bonds is 7. The molecule has 0 aromatic heterocycles. The van der Waals surface area contributed by atoms with Gasteiger partial charge in [0, 0.05) is 30.9 Å². The lowest BCUT2D eigenvalue weighted by atomic mass is 10.1. The van der Waals surface area contributed by atoms with Crippen LogP contribution in [0.15, 0.2) is 24.3 Å². The van der Waals surface area contributed by atoms with Gasteiger partial charge >= 0.3 is 0 Å². The maximum Gasteiger partial charge on any atom is 0.106 e. The summed E-state index contributed by atoms with van der Waals surface area (Å²) in [6, 6.07) is 8.11. The van der Waals surface area contributed by atoms with Crippen LogP contribution >= 0.6 is 12.2 Å². The van der Waals surface area contributed by atoms with Gasteiger partial charge in [-0.3, -0.25) is 0 Å². The van der Waals surface area contributed by atoms with Crippen molar-refractivity contribution in [2.75, 3.05) is 38.6 Å². The third-order valence-electron chi connectivity index (χ3n) is 2.82. The number of anilines is 1. The molecule has 0 spiro atoms. The molecule has 1 rings (SSSR count). The molecule has 0 aliphatic carbocycles. The molecular formula is C14H23N3S. The summed E-state index contributed by atoms with van der Waals surface area (Å²) in [4.78, 5) is 5.01. The van der Waals surface area contributed by atoms with Crippen LogP contribution in [0.4, 0.5) is 5.69 Å². The summed E-state index contributed by atoms with van der Waals surface area (Å²) in [5, 5.41) is 0. The van der Waals surface area contributed by atoms with E-state index in [1.807, 2.05) is 18.2 Å². The summed E-state index contributed by atoms with van der Waals surface area (Å²) < 4.78 is 0. The van der Waals surface area contributed by atoms with Gasteiger partial charge in [-0.2, -0.15) is 0 Å². The lowest BCUT2D eigenvalue weighted by Crippen LogP contribution is -2.33. The first kappa shape index (κ1) is 14.9. The molecule has 4 heteroatoms. The molecule has 0 bridgehead atoms. The Morgan fingerprint density at radius 2 is 1.83 bits per heavy atom. The minimum Gasteiger partial charge on any atom is -0.389 e.